The number of carboxylic acid groups (broad SMARTS) is 1. The maximum atomic E-state index is 12.9. The molecule has 2 N–H and O–H groups in total. The number of halogens is 1. The molecular formula is C11H13FN2O3. The fourth-order valence-electron chi connectivity index (χ4n) is 2.08. The van der Waals surface area contributed by atoms with Crippen molar-refractivity contribution in [3.05, 3.63) is 29.8 Å². The molecular weight excluding hydrogens is 227 g/mol. The summed E-state index contributed by atoms with van der Waals surface area (Å²) in [5.74, 6) is -0.704. The molecule has 1 aliphatic rings. The third-order valence-electron chi connectivity index (χ3n) is 3.01. The van der Waals surface area contributed by atoms with Crippen LogP contribution in [0.2, 0.25) is 0 Å². The molecule has 0 spiro atoms. The van der Waals surface area contributed by atoms with Crippen molar-refractivity contribution in [2.24, 2.45) is 5.92 Å². The summed E-state index contributed by atoms with van der Waals surface area (Å²) < 4.78 is 12.9. The topological polar surface area (TPSA) is 73.7 Å². The van der Waals surface area contributed by atoms with E-state index in [9.17, 15) is 14.3 Å². The van der Waals surface area contributed by atoms with Gasteiger partial charge in [0.05, 0.1) is 12.3 Å². The first-order valence-corrected chi connectivity index (χ1v) is 5.34. The van der Waals surface area contributed by atoms with Crippen LogP contribution in [0.25, 0.3) is 0 Å². The van der Waals surface area contributed by atoms with Crippen LogP contribution in [0.5, 0.6) is 0 Å². The average Bonchev–Trinajstić information content (AvgIpc) is 2.77. The van der Waals surface area contributed by atoms with Gasteiger partial charge in [-0.05, 0) is 12.5 Å². The van der Waals surface area contributed by atoms with Gasteiger partial charge in [0.25, 0.3) is 0 Å². The molecule has 2 atom stereocenters. The summed E-state index contributed by atoms with van der Waals surface area (Å²) >= 11 is 0. The van der Waals surface area contributed by atoms with Crippen LogP contribution in [-0.2, 0) is 0 Å². The summed E-state index contributed by atoms with van der Waals surface area (Å²) in [6.07, 6.45) is 1.18. The van der Waals surface area contributed by atoms with Crippen molar-refractivity contribution < 1.29 is 19.4 Å². The number of aliphatic hydroxyl groups is 1. The fraction of sp³-hybridized carbons (Fsp3) is 0.455. The number of hydrogen-bond acceptors (Lipinski definition) is 3. The Balaban J connectivity index is 2.06. The van der Waals surface area contributed by atoms with Crippen LogP contribution < -0.4 is 0 Å². The molecule has 0 bridgehead atoms. The van der Waals surface area contributed by atoms with Gasteiger partial charge in [-0.15, -0.1) is 0 Å². The standard InChI is InChI=1S/C11H13FN2O3/c12-9-3-8(4-13-5-9)10(15)7-1-2-14(6-7)11(16)17/h3-5,7,10,15H,1-2,6H2,(H,16,17)/t7?,10-/m1/s1. The predicted molar refractivity (Wildman–Crippen MR) is 56.9 cm³/mol. The molecule has 1 saturated heterocycles. The van der Waals surface area contributed by atoms with Crippen molar-refractivity contribution in [2.75, 3.05) is 13.1 Å². The van der Waals surface area contributed by atoms with Crippen molar-refractivity contribution in [3.8, 4) is 0 Å². The van der Waals surface area contributed by atoms with Crippen molar-refractivity contribution in [1.29, 1.82) is 0 Å². The highest BCUT2D eigenvalue weighted by atomic mass is 19.1. The van der Waals surface area contributed by atoms with E-state index in [1.807, 2.05) is 0 Å². The van der Waals surface area contributed by atoms with E-state index in [4.69, 9.17) is 5.11 Å². The SMILES string of the molecule is O=C(O)N1CCC([C@@H](O)c2cncc(F)c2)C1. The van der Waals surface area contributed by atoms with Crippen molar-refractivity contribution >= 4 is 6.09 Å². The van der Waals surface area contributed by atoms with Gasteiger partial charge in [-0.25, -0.2) is 9.18 Å². The molecule has 1 aromatic rings. The Morgan fingerprint density at radius 2 is 2.35 bits per heavy atom. The molecule has 1 fully saturated rings. The zero-order valence-corrected chi connectivity index (χ0v) is 9.08. The van der Waals surface area contributed by atoms with Gasteiger partial charge >= 0.3 is 6.09 Å². The molecule has 1 unspecified atom stereocenters. The van der Waals surface area contributed by atoms with Gasteiger partial charge in [0, 0.05) is 30.8 Å². The van der Waals surface area contributed by atoms with Crippen LogP contribution in [0.15, 0.2) is 18.5 Å². The van der Waals surface area contributed by atoms with Gasteiger partial charge in [0.2, 0.25) is 0 Å². The van der Waals surface area contributed by atoms with E-state index in [2.05, 4.69) is 4.98 Å². The largest absolute Gasteiger partial charge is 0.465 e. The monoisotopic (exact) mass is 240 g/mol. The van der Waals surface area contributed by atoms with Crippen LogP contribution >= 0.6 is 0 Å². The zero-order chi connectivity index (χ0) is 12.4. The Hall–Kier alpha value is -1.69. The summed E-state index contributed by atoms with van der Waals surface area (Å²) in [4.78, 5) is 15.6. The molecule has 0 saturated carbocycles. The Bertz CT molecular complexity index is 427. The quantitative estimate of drug-likeness (QED) is 0.816. The van der Waals surface area contributed by atoms with E-state index in [-0.39, 0.29) is 12.5 Å². The summed E-state index contributed by atoms with van der Waals surface area (Å²) in [5, 5.41) is 18.8. The number of amides is 1. The second-order valence-corrected chi connectivity index (χ2v) is 4.16. The molecule has 1 aromatic heterocycles. The lowest BCUT2D eigenvalue weighted by molar-refractivity contribution is 0.107. The number of likely N-dealkylation sites (tertiary alicyclic amines) is 1. The predicted octanol–water partition coefficient (Wildman–Crippen LogP) is 1.25. The average molecular weight is 240 g/mol. The lowest BCUT2D eigenvalue weighted by Gasteiger charge is -2.18. The molecule has 1 amide bonds. The molecule has 2 heterocycles. The lowest BCUT2D eigenvalue weighted by Crippen LogP contribution is -2.27. The Morgan fingerprint density at radius 1 is 1.59 bits per heavy atom. The zero-order valence-electron chi connectivity index (χ0n) is 9.08. The van der Waals surface area contributed by atoms with Gasteiger partial charge in [-0.3, -0.25) is 4.98 Å². The minimum atomic E-state index is -0.989. The summed E-state index contributed by atoms with van der Waals surface area (Å²) in [6, 6.07) is 1.22. The summed E-state index contributed by atoms with van der Waals surface area (Å²) in [7, 11) is 0. The van der Waals surface area contributed by atoms with E-state index in [0.29, 0.717) is 18.5 Å². The van der Waals surface area contributed by atoms with E-state index < -0.39 is 18.0 Å². The Labute approximate surface area is 97.5 Å². The summed E-state index contributed by atoms with van der Waals surface area (Å²) in [5.41, 5.74) is 0.391. The molecule has 5 nitrogen and oxygen atoms in total. The number of nitrogens with zero attached hydrogens (tertiary/aromatic N) is 2. The molecule has 1 aliphatic heterocycles. The highest BCUT2D eigenvalue weighted by Crippen LogP contribution is 2.29. The van der Waals surface area contributed by atoms with Crippen molar-refractivity contribution in [2.45, 2.75) is 12.5 Å². The molecule has 0 aromatic carbocycles. The first-order valence-electron chi connectivity index (χ1n) is 5.34. The third kappa shape index (κ3) is 2.52. The van der Waals surface area contributed by atoms with Crippen LogP contribution in [-0.4, -0.2) is 39.3 Å². The van der Waals surface area contributed by atoms with Crippen LogP contribution in [0.4, 0.5) is 9.18 Å². The molecule has 0 aliphatic carbocycles. The second kappa shape index (κ2) is 4.67. The number of aromatic nitrogens is 1. The molecule has 17 heavy (non-hydrogen) atoms. The van der Waals surface area contributed by atoms with Gasteiger partial charge < -0.3 is 15.1 Å². The van der Waals surface area contributed by atoms with Crippen LogP contribution in [0.3, 0.4) is 0 Å². The van der Waals surface area contributed by atoms with Gasteiger partial charge in [0.1, 0.15) is 5.82 Å². The number of hydrogen-bond donors (Lipinski definition) is 2. The van der Waals surface area contributed by atoms with Gasteiger partial charge in [-0.1, -0.05) is 0 Å². The Kier molecular flexibility index (Phi) is 3.23. The number of pyridine rings is 1. The number of aliphatic hydroxyl groups excluding tert-OH is 1. The molecule has 92 valence electrons. The first kappa shape index (κ1) is 11.8. The normalized spacial score (nSPS) is 21.5. The minimum absolute atomic E-state index is 0.199. The first-order chi connectivity index (χ1) is 8.08. The van der Waals surface area contributed by atoms with Crippen LogP contribution in [0, 0.1) is 11.7 Å². The maximum Gasteiger partial charge on any atom is 0.407 e. The smallest absolute Gasteiger partial charge is 0.407 e. The molecule has 2 rings (SSSR count). The minimum Gasteiger partial charge on any atom is -0.465 e. The Morgan fingerprint density at radius 3 is 2.94 bits per heavy atom. The van der Waals surface area contributed by atoms with E-state index in [1.54, 1.807) is 0 Å². The van der Waals surface area contributed by atoms with E-state index in [1.165, 1.54) is 17.2 Å². The number of rotatable bonds is 2. The molecule has 6 heteroatoms. The van der Waals surface area contributed by atoms with Crippen molar-refractivity contribution in [3.63, 3.8) is 0 Å². The summed E-state index contributed by atoms with van der Waals surface area (Å²) in [6.45, 7) is 0.673. The van der Waals surface area contributed by atoms with Gasteiger partial charge in [0.15, 0.2) is 0 Å². The van der Waals surface area contributed by atoms with Gasteiger partial charge in [-0.2, -0.15) is 0 Å². The number of carbonyl (C=O) groups is 1. The highest BCUT2D eigenvalue weighted by Gasteiger charge is 2.31. The fourth-order valence-corrected chi connectivity index (χ4v) is 2.08. The third-order valence-corrected chi connectivity index (χ3v) is 3.01. The lowest BCUT2D eigenvalue weighted by atomic mass is 9.96. The highest BCUT2D eigenvalue weighted by molar-refractivity contribution is 5.65. The maximum absolute atomic E-state index is 12.9. The van der Waals surface area contributed by atoms with E-state index in [0.717, 1.165) is 6.20 Å². The molecule has 0 radical (unpaired) electrons. The van der Waals surface area contributed by atoms with Crippen molar-refractivity contribution in [1.82, 2.24) is 9.88 Å². The second-order valence-electron chi connectivity index (χ2n) is 4.16. The van der Waals surface area contributed by atoms with Crippen LogP contribution in [0.1, 0.15) is 18.1 Å². The van der Waals surface area contributed by atoms with E-state index >= 15 is 0 Å².